The first-order chi connectivity index (χ1) is 12.5. The third-order valence-corrected chi connectivity index (χ3v) is 3.98. The standard InChI is InChI=1S/C18H15ClN4O2S/c19-13-3-1-4-14(16(13)20)23-18(26)22-12-8-6-11(7-9-12)21-17(24)15-5-2-10-25-15/h1-10H,20H2,(H,21,24)(H2,22,23,26). The number of hydrogen-bond acceptors (Lipinski definition) is 4. The minimum Gasteiger partial charge on any atom is -0.459 e. The van der Waals surface area contributed by atoms with Gasteiger partial charge in [-0.1, -0.05) is 17.7 Å². The van der Waals surface area contributed by atoms with Crippen LogP contribution in [0.2, 0.25) is 5.02 Å². The van der Waals surface area contributed by atoms with E-state index in [9.17, 15) is 4.79 Å². The summed E-state index contributed by atoms with van der Waals surface area (Å²) in [5.41, 5.74) is 8.33. The van der Waals surface area contributed by atoms with Gasteiger partial charge in [-0.15, -0.1) is 0 Å². The highest BCUT2D eigenvalue weighted by atomic mass is 35.5. The lowest BCUT2D eigenvalue weighted by Gasteiger charge is -2.13. The summed E-state index contributed by atoms with van der Waals surface area (Å²) in [6.07, 6.45) is 1.45. The van der Waals surface area contributed by atoms with Crippen LogP contribution in [0.3, 0.4) is 0 Å². The molecule has 0 saturated heterocycles. The molecule has 0 radical (unpaired) electrons. The fraction of sp³-hybridized carbons (Fsp3) is 0. The molecule has 0 unspecified atom stereocenters. The van der Waals surface area contributed by atoms with Gasteiger partial charge < -0.3 is 26.1 Å². The average molecular weight is 387 g/mol. The van der Waals surface area contributed by atoms with Crippen molar-refractivity contribution < 1.29 is 9.21 Å². The molecule has 0 aliphatic heterocycles. The highest BCUT2D eigenvalue weighted by Crippen LogP contribution is 2.26. The number of halogens is 1. The van der Waals surface area contributed by atoms with Crippen molar-refractivity contribution in [3.05, 3.63) is 71.6 Å². The van der Waals surface area contributed by atoms with Gasteiger partial charge in [0.2, 0.25) is 0 Å². The Labute approximate surface area is 160 Å². The first kappa shape index (κ1) is 17.8. The normalized spacial score (nSPS) is 10.2. The van der Waals surface area contributed by atoms with E-state index in [0.29, 0.717) is 27.2 Å². The minimum atomic E-state index is -0.315. The van der Waals surface area contributed by atoms with Crippen molar-refractivity contribution in [2.75, 3.05) is 21.7 Å². The summed E-state index contributed by atoms with van der Waals surface area (Å²) < 4.78 is 5.05. The summed E-state index contributed by atoms with van der Waals surface area (Å²) in [7, 11) is 0. The molecule has 5 N–H and O–H groups in total. The number of nitrogens with one attached hydrogen (secondary N) is 3. The molecule has 6 nitrogen and oxygen atoms in total. The Balaban J connectivity index is 1.59. The van der Waals surface area contributed by atoms with Crippen LogP contribution in [0.4, 0.5) is 22.7 Å². The van der Waals surface area contributed by atoms with Crippen LogP contribution in [0.1, 0.15) is 10.6 Å². The van der Waals surface area contributed by atoms with Gasteiger partial charge in [0.1, 0.15) is 0 Å². The van der Waals surface area contributed by atoms with Gasteiger partial charge in [-0.05, 0) is 60.7 Å². The number of carbonyl (C=O) groups is 1. The van der Waals surface area contributed by atoms with Gasteiger partial charge in [0.25, 0.3) is 5.91 Å². The minimum absolute atomic E-state index is 0.247. The number of nitrogens with two attached hydrogens (primary N) is 1. The van der Waals surface area contributed by atoms with Crippen LogP contribution < -0.4 is 21.7 Å². The Morgan fingerprint density at radius 3 is 2.31 bits per heavy atom. The monoisotopic (exact) mass is 386 g/mol. The molecular formula is C18H15ClN4O2S. The van der Waals surface area contributed by atoms with Gasteiger partial charge in [0.15, 0.2) is 10.9 Å². The average Bonchev–Trinajstić information content (AvgIpc) is 3.15. The number of furan rings is 1. The number of benzene rings is 2. The van der Waals surface area contributed by atoms with Gasteiger partial charge in [0.05, 0.1) is 22.7 Å². The summed E-state index contributed by atoms with van der Waals surface area (Å²) in [6, 6.07) is 15.6. The number of hydrogen-bond donors (Lipinski definition) is 4. The molecule has 1 heterocycles. The maximum atomic E-state index is 11.9. The van der Waals surface area contributed by atoms with E-state index in [1.165, 1.54) is 6.26 Å². The van der Waals surface area contributed by atoms with Gasteiger partial charge in [-0.3, -0.25) is 4.79 Å². The largest absolute Gasteiger partial charge is 0.459 e. The van der Waals surface area contributed by atoms with E-state index in [1.807, 2.05) is 0 Å². The zero-order valence-corrected chi connectivity index (χ0v) is 15.0. The second kappa shape index (κ2) is 7.90. The Morgan fingerprint density at radius 1 is 0.962 bits per heavy atom. The molecule has 26 heavy (non-hydrogen) atoms. The summed E-state index contributed by atoms with van der Waals surface area (Å²) in [6.45, 7) is 0. The molecule has 3 rings (SSSR count). The zero-order valence-electron chi connectivity index (χ0n) is 13.5. The smallest absolute Gasteiger partial charge is 0.291 e. The van der Waals surface area contributed by atoms with Crippen LogP contribution in [-0.2, 0) is 0 Å². The molecule has 132 valence electrons. The first-order valence-electron chi connectivity index (χ1n) is 7.60. The number of rotatable bonds is 4. The van der Waals surface area contributed by atoms with Crippen molar-refractivity contribution >= 4 is 57.6 Å². The number of nitrogen functional groups attached to an aromatic ring is 1. The lowest BCUT2D eigenvalue weighted by Crippen LogP contribution is -2.20. The van der Waals surface area contributed by atoms with Crippen molar-refractivity contribution in [1.82, 2.24) is 0 Å². The molecule has 1 amide bonds. The summed E-state index contributed by atoms with van der Waals surface area (Å²) in [5, 5.41) is 9.59. The third kappa shape index (κ3) is 4.33. The molecule has 8 heteroatoms. The predicted octanol–water partition coefficient (Wildman–Crippen LogP) is 4.58. The van der Waals surface area contributed by atoms with Crippen molar-refractivity contribution in [3.8, 4) is 0 Å². The van der Waals surface area contributed by atoms with Crippen molar-refractivity contribution in [2.24, 2.45) is 0 Å². The van der Waals surface area contributed by atoms with Gasteiger partial charge in [-0.25, -0.2) is 0 Å². The van der Waals surface area contributed by atoms with Gasteiger partial charge >= 0.3 is 0 Å². The summed E-state index contributed by atoms with van der Waals surface area (Å²) >= 11 is 11.3. The highest BCUT2D eigenvalue weighted by molar-refractivity contribution is 7.80. The van der Waals surface area contributed by atoms with E-state index in [0.717, 1.165) is 5.69 Å². The van der Waals surface area contributed by atoms with E-state index in [2.05, 4.69) is 16.0 Å². The first-order valence-corrected chi connectivity index (χ1v) is 8.38. The Morgan fingerprint density at radius 2 is 1.65 bits per heavy atom. The van der Waals surface area contributed by atoms with E-state index >= 15 is 0 Å². The molecule has 0 spiro atoms. The fourth-order valence-corrected chi connectivity index (χ4v) is 2.57. The lowest BCUT2D eigenvalue weighted by molar-refractivity contribution is 0.0996. The molecule has 0 aliphatic carbocycles. The number of carbonyl (C=O) groups excluding carboxylic acids is 1. The van der Waals surface area contributed by atoms with Crippen molar-refractivity contribution in [1.29, 1.82) is 0 Å². The van der Waals surface area contributed by atoms with Crippen LogP contribution in [0.15, 0.2) is 65.3 Å². The Bertz CT molecular complexity index is 927. The van der Waals surface area contributed by atoms with E-state index in [-0.39, 0.29) is 11.7 Å². The molecule has 2 aromatic carbocycles. The van der Waals surface area contributed by atoms with E-state index in [1.54, 1.807) is 54.6 Å². The molecule has 3 aromatic rings. The zero-order chi connectivity index (χ0) is 18.5. The Kier molecular flexibility index (Phi) is 5.40. The summed E-state index contributed by atoms with van der Waals surface area (Å²) in [4.78, 5) is 11.9. The second-order valence-corrected chi connectivity index (χ2v) is 6.10. The van der Waals surface area contributed by atoms with Crippen molar-refractivity contribution in [3.63, 3.8) is 0 Å². The molecule has 0 bridgehead atoms. The quantitative estimate of drug-likeness (QED) is 0.387. The molecule has 0 saturated carbocycles. The number of anilines is 4. The van der Waals surface area contributed by atoms with E-state index < -0.39 is 0 Å². The van der Waals surface area contributed by atoms with Crippen LogP contribution in [0, 0.1) is 0 Å². The topological polar surface area (TPSA) is 92.3 Å². The van der Waals surface area contributed by atoms with Crippen LogP contribution >= 0.6 is 23.8 Å². The van der Waals surface area contributed by atoms with Crippen LogP contribution in [-0.4, -0.2) is 11.0 Å². The molecule has 0 atom stereocenters. The number of thiocarbonyl (C=S) groups is 1. The Hall–Kier alpha value is -3.03. The van der Waals surface area contributed by atoms with Crippen LogP contribution in [0.5, 0.6) is 0 Å². The van der Waals surface area contributed by atoms with Gasteiger partial charge in [0, 0.05) is 11.4 Å². The molecular weight excluding hydrogens is 372 g/mol. The van der Waals surface area contributed by atoms with E-state index in [4.69, 9.17) is 34.0 Å². The second-order valence-electron chi connectivity index (χ2n) is 5.29. The van der Waals surface area contributed by atoms with Gasteiger partial charge in [-0.2, -0.15) is 0 Å². The number of amides is 1. The summed E-state index contributed by atoms with van der Waals surface area (Å²) in [5.74, 6) is -0.0685. The lowest BCUT2D eigenvalue weighted by atomic mass is 10.2. The fourth-order valence-electron chi connectivity index (χ4n) is 2.17. The number of para-hydroxylation sites is 1. The predicted molar refractivity (Wildman–Crippen MR) is 109 cm³/mol. The van der Waals surface area contributed by atoms with Crippen molar-refractivity contribution in [2.45, 2.75) is 0 Å². The van der Waals surface area contributed by atoms with Crippen LogP contribution in [0.25, 0.3) is 0 Å². The highest BCUT2D eigenvalue weighted by Gasteiger charge is 2.09. The SMILES string of the molecule is Nc1c(Cl)cccc1NC(=S)Nc1ccc(NC(=O)c2ccco2)cc1. The third-order valence-electron chi connectivity index (χ3n) is 3.45. The molecule has 0 fully saturated rings. The maximum absolute atomic E-state index is 11.9. The molecule has 0 aliphatic rings. The maximum Gasteiger partial charge on any atom is 0.291 e. The molecule has 1 aromatic heterocycles.